The molecule has 1 saturated heterocycles. The van der Waals surface area contributed by atoms with Crippen LogP contribution in [0.2, 0.25) is 0 Å². The van der Waals surface area contributed by atoms with E-state index in [4.69, 9.17) is 5.73 Å². The molecule has 0 atom stereocenters. The average Bonchev–Trinajstić information content (AvgIpc) is 2.71. The van der Waals surface area contributed by atoms with E-state index in [1.165, 1.54) is 0 Å². The number of pyridine rings is 1. The summed E-state index contributed by atoms with van der Waals surface area (Å²) in [5.74, 6) is -0.115. The number of nitrogens with one attached hydrogen (secondary N) is 1. The number of aromatic nitrogens is 1. The molecule has 20 heavy (non-hydrogen) atoms. The topological polar surface area (TPSA) is 71.2 Å². The zero-order valence-corrected chi connectivity index (χ0v) is 12.8. The molecule has 0 spiro atoms. The largest absolute Gasteiger partial charge is 0.397 e. The second-order valence-corrected chi connectivity index (χ2v) is 6.02. The molecule has 2 heterocycles. The molecule has 0 bridgehead atoms. The standard InChI is InChI=1S/C15H24N4O/c1-5-13-11(9-12(16)10(2)17-13)14(20)18-19-8-6-7-15(19,3)4/h9H,5-8,16H2,1-4H3,(H,18,20). The van der Waals surface area contributed by atoms with Crippen molar-refractivity contribution < 1.29 is 4.79 Å². The molecule has 5 nitrogen and oxygen atoms in total. The first-order chi connectivity index (χ1) is 9.35. The third-order valence-corrected chi connectivity index (χ3v) is 4.05. The van der Waals surface area contributed by atoms with Crippen LogP contribution in [0.4, 0.5) is 5.69 Å². The summed E-state index contributed by atoms with van der Waals surface area (Å²) in [6, 6.07) is 1.74. The Kier molecular flexibility index (Phi) is 3.99. The summed E-state index contributed by atoms with van der Waals surface area (Å²) >= 11 is 0. The SMILES string of the molecule is CCc1nc(C)c(N)cc1C(=O)NN1CCCC1(C)C. The number of anilines is 1. The molecule has 3 N–H and O–H groups in total. The van der Waals surface area contributed by atoms with E-state index in [-0.39, 0.29) is 11.4 Å². The van der Waals surface area contributed by atoms with Crippen molar-refractivity contribution >= 4 is 11.6 Å². The van der Waals surface area contributed by atoms with E-state index >= 15 is 0 Å². The van der Waals surface area contributed by atoms with Gasteiger partial charge >= 0.3 is 0 Å². The van der Waals surface area contributed by atoms with E-state index in [1.54, 1.807) is 6.07 Å². The highest BCUT2D eigenvalue weighted by Gasteiger charge is 2.33. The molecule has 0 unspecified atom stereocenters. The fourth-order valence-electron chi connectivity index (χ4n) is 2.63. The van der Waals surface area contributed by atoms with Gasteiger partial charge in [-0.25, -0.2) is 5.01 Å². The minimum absolute atomic E-state index is 0.00566. The van der Waals surface area contributed by atoms with Gasteiger partial charge in [-0.05, 0) is 46.1 Å². The third-order valence-electron chi connectivity index (χ3n) is 4.05. The first kappa shape index (κ1) is 14.8. The molecule has 1 aromatic rings. The Morgan fingerprint density at radius 2 is 2.25 bits per heavy atom. The third kappa shape index (κ3) is 2.77. The van der Waals surface area contributed by atoms with E-state index in [9.17, 15) is 4.79 Å². The molecule has 0 aromatic carbocycles. The van der Waals surface area contributed by atoms with Crippen molar-refractivity contribution in [3.05, 3.63) is 23.0 Å². The fourth-order valence-corrected chi connectivity index (χ4v) is 2.63. The Hall–Kier alpha value is -1.62. The Balaban J connectivity index is 2.23. The molecule has 0 saturated carbocycles. The number of nitrogens with two attached hydrogens (primary N) is 1. The highest BCUT2D eigenvalue weighted by atomic mass is 16.2. The molecule has 1 amide bonds. The zero-order valence-electron chi connectivity index (χ0n) is 12.8. The van der Waals surface area contributed by atoms with Gasteiger partial charge in [0.25, 0.3) is 5.91 Å². The number of aryl methyl sites for hydroxylation is 2. The number of hydrogen-bond donors (Lipinski definition) is 2. The Labute approximate surface area is 120 Å². The van der Waals surface area contributed by atoms with E-state index in [2.05, 4.69) is 24.3 Å². The molecule has 0 radical (unpaired) electrons. The van der Waals surface area contributed by atoms with Gasteiger partial charge < -0.3 is 5.73 Å². The summed E-state index contributed by atoms with van der Waals surface area (Å²) in [6.07, 6.45) is 2.90. The summed E-state index contributed by atoms with van der Waals surface area (Å²) in [5, 5.41) is 2.02. The van der Waals surface area contributed by atoms with Crippen molar-refractivity contribution in [3.8, 4) is 0 Å². The van der Waals surface area contributed by atoms with Crippen molar-refractivity contribution in [3.63, 3.8) is 0 Å². The Bertz CT molecular complexity index is 525. The van der Waals surface area contributed by atoms with Crippen molar-refractivity contribution in [1.82, 2.24) is 15.4 Å². The first-order valence-electron chi connectivity index (χ1n) is 7.20. The Morgan fingerprint density at radius 3 is 2.80 bits per heavy atom. The molecule has 1 fully saturated rings. The molecule has 110 valence electrons. The molecule has 2 rings (SSSR count). The van der Waals surface area contributed by atoms with Crippen LogP contribution in [0.15, 0.2) is 6.07 Å². The predicted molar refractivity (Wildman–Crippen MR) is 80.2 cm³/mol. The number of rotatable bonds is 3. The van der Waals surface area contributed by atoms with Crippen LogP contribution in [0, 0.1) is 6.92 Å². The van der Waals surface area contributed by atoms with Crippen molar-refractivity contribution in [2.24, 2.45) is 0 Å². The summed E-state index contributed by atoms with van der Waals surface area (Å²) < 4.78 is 0. The van der Waals surface area contributed by atoms with Gasteiger partial charge in [0.05, 0.1) is 22.6 Å². The monoisotopic (exact) mass is 276 g/mol. The van der Waals surface area contributed by atoms with Gasteiger partial charge in [0.1, 0.15) is 0 Å². The van der Waals surface area contributed by atoms with Gasteiger partial charge in [-0.15, -0.1) is 0 Å². The molecule has 1 aliphatic heterocycles. The second kappa shape index (κ2) is 5.40. The molecular formula is C15H24N4O. The lowest BCUT2D eigenvalue weighted by atomic mass is 10.0. The number of carbonyl (C=O) groups excluding carboxylic acids is 1. The fraction of sp³-hybridized carbons (Fsp3) is 0.600. The highest BCUT2D eigenvalue weighted by molar-refractivity contribution is 5.96. The Morgan fingerprint density at radius 1 is 1.55 bits per heavy atom. The van der Waals surface area contributed by atoms with Gasteiger partial charge in [0.2, 0.25) is 0 Å². The summed E-state index contributed by atoms with van der Waals surface area (Å²) in [6.45, 7) is 9.02. The lowest BCUT2D eigenvalue weighted by Gasteiger charge is -2.31. The summed E-state index contributed by atoms with van der Waals surface area (Å²) in [4.78, 5) is 16.9. The van der Waals surface area contributed by atoms with Crippen LogP contribution in [-0.4, -0.2) is 28.0 Å². The maximum absolute atomic E-state index is 12.5. The lowest BCUT2D eigenvalue weighted by molar-refractivity contribution is 0.0635. The van der Waals surface area contributed by atoms with Gasteiger partial charge in [0.15, 0.2) is 0 Å². The first-order valence-corrected chi connectivity index (χ1v) is 7.20. The van der Waals surface area contributed by atoms with Crippen LogP contribution in [0.1, 0.15) is 55.4 Å². The number of nitrogen functional groups attached to an aromatic ring is 1. The molecule has 0 aliphatic carbocycles. The van der Waals surface area contributed by atoms with Gasteiger partial charge in [-0.2, -0.15) is 0 Å². The number of nitrogens with zero attached hydrogens (tertiary/aromatic N) is 2. The number of amides is 1. The van der Waals surface area contributed by atoms with Crippen LogP contribution in [0.5, 0.6) is 0 Å². The van der Waals surface area contributed by atoms with E-state index in [0.717, 1.165) is 30.8 Å². The minimum atomic E-state index is -0.115. The maximum Gasteiger partial charge on any atom is 0.267 e. The average molecular weight is 276 g/mol. The normalized spacial score (nSPS) is 18.2. The van der Waals surface area contributed by atoms with Crippen molar-refractivity contribution in [2.75, 3.05) is 12.3 Å². The smallest absolute Gasteiger partial charge is 0.267 e. The van der Waals surface area contributed by atoms with E-state index in [0.29, 0.717) is 17.7 Å². The summed E-state index contributed by atoms with van der Waals surface area (Å²) in [7, 11) is 0. The maximum atomic E-state index is 12.5. The van der Waals surface area contributed by atoms with Gasteiger partial charge in [-0.3, -0.25) is 15.2 Å². The molecule has 5 heteroatoms. The van der Waals surface area contributed by atoms with Crippen LogP contribution in [0.3, 0.4) is 0 Å². The molecule has 1 aromatic heterocycles. The van der Waals surface area contributed by atoms with Gasteiger partial charge in [-0.1, -0.05) is 6.92 Å². The lowest BCUT2D eigenvalue weighted by Crippen LogP contribution is -2.50. The highest BCUT2D eigenvalue weighted by Crippen LogP contribution is 2.26. The van der Waals surface area contributed by atoms with E-state index in [1.807, 2.05) is 18.9 Å². The van der Waals surface area contributed by atoms with Gasteiger partial charge in [0, 0.05) is 12.1 Å². The second-order valence-electron chi connectivity index (χ2n) is 6.02. The predicted octanol–water partition coefficient (Wildman–Crippen LogP) is 2.05. The van der Waals surface area contributed by atoms with Crippen LogP contribution >= 0.6 is 0 Å². The van der Waals surface area contributed by atoms with Crippen molar-refractivity contribution in [2.45, 2.75) is 52.5 Å². The zero-order chi connectivity index (χ0) is 14.9. The van der Waals surface area contributed by atoms with Crippen LogP contribution in [-0.2, 0) is 6.42 Å². The van der Waals surface area contributed by atoms with Crippen LogP contribution in [0.25, 0.3) is 0 Å². The van der Waals surface area contributed by atoms with Crippen molar-refractivity contribution in [1.29, 1.82) is 0 Å². The number of hydrogen-bond acceptors (Lipinski definition) is 4. The molecule has 1 aliphatic rings. The quantitative estimate of drug-likeness (QED) is 0.886. The van der Waals surface area contributed by atoms with Crippen LogP contribution < -0.4 is 11.2 Å². The summed E-state index contributed by atoms with van der Waals surface area (Å²) in [5.41, 5.74) is 11.6. The molecular weight excluding hydrogens is 252 g/mol. The number of hydrazine groups is 1. The van der Waals surface area contributed by atoms with E-state index < -0.39 is 0 Å². The number of carbonyl (C=O) groups is 1. The minimum Gasteiger partial charge on any atom is -0.397 e.